The maximum atomic E-state index is 13.7. The van der Waals surface area contributed by atoms with Crippen molar-refractivity contribution < 1.29 is 8.78 Å². The molecule has 3 N–H and O–H groups in total. The van der Waals surface area contributed by atoms with Crippen LogP contribution in [0.25, 0.3) is 0 Å². The second-order valence-corrected chi connectivity index (χ2v) is 4.68. The Hall–Kier alpha value is -1.30. The first kappa shape index (κ1) is 12.2. The van der Waals surface area contributed by atoms with Crippen LogP contribution in [-0.2, 0) is 0 Å². The minimum atomic E-state index is -0.597. The Morgan fingerprint density at radius 3 is 2.59 bits per heavy atom. The molecule has 2 rings (SSSR count). The van der Waals surface area contributed by atoms with Gasteiger partial charge in [-0.2, -0.15) is 0 Å². The van der Waals surface area contributed by atoms with Crippen molar-refractivity contribution in [1.29, 1.82) is 0 Å². The monoisotopic (exact) mass is 254 g/mol. The van der Waals surface area contributed by atoms with E-state index in [0.29, 0.717) is 5.56 Å². The van der Waals surface area contributed by atoms with Crippen LogP contribution in [0.2, 0.25) is 0 Å². The molecule has 2 aromatic rings. The van der Waals surface area contributed by atoms with Crippen molar-refractivity contribution in [2.24, 2.45) is 5.84 Å². The topological polar surface area (TPSA) is 38.0 Å². The number of aryl methyl sites for hydroxylation is 1. The molecular weight excluding hydrogens is 242 g/mol. The zero-order chi connectivity index (χ0) is 12.4. The summed E-state index contributed by atoms with van der Waals surface area (Å²) >= 11 is 1.49. The summed E-state index contributed by atoms with van der Waals surface area (Å²) in [5, 5.41) is 1.91. The molecular formula is C12H12F2N2S. The number of nitrogens with two attached hydrogens (primary N) is 1. The molecule has 1 unspecified atom stereocenters. The highest BCUT2D eigenvalue weighted by atomic mass is 32.1. The van der Waals surface area contributed by atoms with Crippen LogP contribution in [0.4, 0.5) is 8.78 Å². The van der Waals surface area contributed by atoms with Crippen molar-refractivity contribution in [1.82, 2.24) is 5.43 Å². The van der Waals surface area contributed by atoms with Gasteiger partial charge >= 0.3 is 0 Å². The predicted octanol–water partition coefficient (Wildman–Crippen LogP) is 2.89. The van der Waals surface area contributed by atoms with Gasteiger partial charge in [-0.1, -0.05) is 6.07 Å². The summed E-state index contributed by atoms with van der Waals surface area (Å²) < 4.78 is 26.5. The van der Waals surface area contributed by atoms with E-state index in [2.05, 4.69) is 5.43 Å². The number of halogens is 2. The second-order valence-electron chi connectivity index (χ2n) is 3.73. The van der Waals surface area contributed by atoms with Crippen molar-refractivity contribution in [2.45, 2.75) is 13.0 Å². The van der Waals surface area contributed by atoms with Crippen LogP contribution < -0.4 is 11.3 Å². The third kappa shape index (κ3) is 2.36. The van der Waals surface area contributed by atoms with Crippen LogP contribution in [0.3, 0.4) is 0 Å². The Bertz CT molecular complexity index is 525. The van der Waals surface area contributed by atoms with Gasteiger partial charge in [-0.15, -0.1) is 11.3 Å². The average molecular weight is 254 g/mol. The van der Waals surface area contributed by atoms with Gasteiger partial charge in [0.1, 0.15) is 11.6 Å². The van der Waals surface area contributed by atoms with Crippen LogP contribution in [0, 0.1) is 18.6 Å². The molecule has 0 saturated heterocycles. The number of nitrogens with one attached hydrogen (secondary N) is 1. The van der Waals surface area contributed by atoms with E-state index in [-0.39, 0.29) is 0 Å². The molecule has 0 amide bonds. The molecule has 0 aliphatic rings. The summed E-state index contributed by atoms with van der Waals surface area (Å²) in [5.74, 6) is 4.28. The van der Waals surface area contributed by atoms with Crippen molar-refractivity contribution in [3.63, 3.8) is 0 Å². The molecule has 90 valence electrons. The van der Waals surface area contributed by atoms with Crippen LogP contribution >= 0.6 is 11.3 Å². The predicted molar refractivity (Wildman–Crippen MR) is 64.6 cm³/mol. The maximum absolute atomic E-state index is 13.7. The largest absolute Gasteiger partial charge is 0.271 e. The van der Waals surface area contributed by atoms with Crippen molar-refractivity contribution in [2.75, 3.05) is 0 Å². The lowest BCUT2D eigenvalue weighted by molar-refractivity contribution is 0.543. The summed E-state index contributed by atoms with van der Waals surface area (Å²) in [6.07, 6.45) is 0. The molecule has 0 aliphatic heterocycles. The summed E-state index contributed by atoms with van der Waals surface area (Å²) in [5.41, 5.74) is 3.95. The zero-order valence-electron chi connectivity index (χ0n) is 9.21. The molecule has 1 aromatic carbocycles. The van der Waals surface area contributed by atoms with E-state index in [1.54, 1.807) is 0 Å². The van der Waals surface area contributed by atoms with Crippen molar-refractivity contribution in [3.05, 3.63) is 57.3 Å². The number of benzene rings is 1. The number of hydrogen-bond donors (Lipinski definition) is 2. The van der Waals surface area contributed by atoms with E-state index >= 15 is 0 Å². The Labute approximate surface area is 102 Å². The minimum Gasteiger partial charge on any atom is -0.271 e. The molecule has 0 spiro atoms. The highest BCUT2D eigenvalue weighted by Gasteiger charge is 2.19. The molecule has 0 bridgehead atoms. The first-order valence-corrected chi connectivity index (χ1v) is 5.96. The van der Waals surface area contributed by atoms with Gasteiger partial charge in [-0.25, -0.2) is 14.2 Å². The van der Waals surface area contributed by atoms with E-state index in [0.717, 1.165) is 16.5 Å². The van der Waals surface area contributed by atoms with Crippen molar-refractivity contribution in [3.8, 4) is 0 Å². The van der Waals surface area contributed by atoms with E-state index < -0.39 is 17.7 Å². The summed E-state index contributed by atoms with van der Waals surface area (Å²) in [6.45, 7) is 1.93. The number of thiophene rings is 1. The standard InChI is InChI=1S/C12H12F2N2S/c1-7-4-5-17-12(7)11(16-15)9-3-2-8(13)6-10(9)14/h2-6,11,16H,15H2,1H3. The molecule has 0 radical (unpaired) electrons. The highest BCUT2D eigenvalue weighted by molar-refractivity contribution is 7.10. The third-order valence-electron chi connectivity index (χ3n) is 2.60. The lowest BCUT2D eigenvalue weighted by Gasteiger charge is -2.16. The van der Waals surface area contributed by atoms with E-state index in [4.69, 9.17) is 5.84 Å². The molecule has 17 heavy (non-hydrogen) atoms. The Morgan fingerprint density at radius 1 is 1.29 bits per heavy atom. The van der Waals surface area contributed by atoms with Gasteiger partial charge in [0.25, 0.3) is 0 Å². The van der Waals surface area contributed by atoms with Gasteiger partial charge < -0.3 is 0 Å². The van der Waals surface area contributed by atoms with Gasteiger partial charge in [0.2, 0.25) is 0 Å². The van der Waals surface area contributed by atoms with Gasteiger partial charge in [-0.05, 0) is 30.0 Å². The van der Waals surface area contributed by atoms with E-state index in [9.17, 15) is 8.78 Å². The van der Waals surface area contributed by atoms with E-state index in [1.165, 1.54) is 23.5 Å². The minimum absolute atomic E-state index is 0.347. The third-order valence-corrected chi connectivity index (χ3v) is 3.69. The van der Waals surface area contributed by atoms with Gasteiger partial charge in [0, 0.05) is 16.5 Å². The molecule has 0 fully saturated rings. The van der Waals surface area contributed by atoms with Crippen LogP contribution in [-0.4, -0.2) is 0 Å². The van der Waals surface area contributed by atoms with Crippen LogP contribution in [0.5, 0.6) is 0 Å². The fraction of sp³-hybridized carbons (Fsp3) is 0.167. The maximum Gasteiger partial charge on any atom is 0.131 e. The van der Waals surface area contributed by atoms with Crippen LogP contribution in [0.1, 0.15) is 22.0 Å². The molecule has 1 atom stereocenters. The lowest BCUT2D eigenvalue weighted by atomic mass is 10.0. The Kier molecular flexibility index (Phi) is 3.51. The second kappa shape index (κ2) is 4.91. The smallest absolute Gasteiger partial charge is 0.131 e. The van der Waals surface area contributed by atoms with Crippen LogP contribution in [0.15, 0.2) is 29.6 Å². The SMILES string of the molecule is Cc1ccsc1C(NN)c1ccc(F)cc1F. The number of rotatable bonds is 3. The molecule has 0 aliphatic carbocycles. The lowest BCUT2D eigenvalue weighted by Crippen LogP contribution is -2.29. The summed E-state index contributed by atoms with van der Waals surface area (Å²) in [6, 6.07) is 4.99. The zero-order valence-corrected chi connectivity index (χ0v) is 10.0. The van der Waals surface area contributed by atoms with Gasteiger partial charge in [-0.3, -0.25) is 5.84 Å². The fourth-order valence-corrected chi connectivity index (χ4v) is 2.73. The molecule has 5 heteroatoms. The molecule has 0 saturated carbocycles. The Morgan fingerprint density at radius 2 is 2.06 bits per heavy atom. The van der Waals surface area contributed by atoms with Gasteiger partial charge in [0.15, 0.2) is 0 Å². The number of hydrogen-bond acceptors (Lipinski definition) is 3. The summed E-state index contributed by atoms with van der Waals surface area (Å²) in [7, 11) is 0. The van der Waals surface area contributed by atoms with E-state index in [1.807, 2.05) is 18.4 Å². The summed E-state index contributed by atoms with van der Waals surface area (Å²) in [4.78, 5) is 0.929. The van der Waals surface area contributed by atoms with Gasteiger partial charge in [0.05, 0.1) is 6.04 Å². The molecule has 2 nitrogen and oxygen atoms in total. The molecule has 1 heterocycles. The normalized spacial score (nSPS) is 12.7. The fourth-order valence-electron chi connectivity index (χ4n) is 1.72. The molecule has 1 aromatic heterocycles. The Balaban J connectivity index is 2.46. The highest BCUT2D eigenvalue weighted by Crippen LogP contribution is 2.30. The first-order valence-electron chi connectivity index (χ1n) is 5.08. The first-order chi connectivity index (χ1) is 8.13. The average Bonchev–Trinajstić information content (AvgIpc) is 2.69. The number of hydrazine groups is 1. The van der Waals surface area contributed by atoms with Crippen molar-refractivity contribution >= 4 is 11.3 Å². The quantitative estimate of drug-likeness (QED) is 0.653.